The van der Waals surface area contributed by atoms with Gasteiger partial charge in [-0.1, -0.05) is 12.1 Å². The first-order chi connectivity index (χ1) is 18.9. The van der Waals surface area contributed by atoms with E-state index < -0.39 is 23.7 Å². The Labute approximate surface area is 223 Å². The zero-order chi connectivity index (χ0) is 28.8. The zero-order valence-corrected chi connectivity index (χ0v) is 20.9. The van der Waals surface area contributed by atoms with Crippen LogP contribution >= 0.6 is 0 Å². The van der Waals surface area contributed by atoms with E-state index in [0.29, 0.717) is 27.7 Å². The highest BCUT2D eigenvalue weighted by Crippen LogP contribution is 2.34. The first-order valence-electron chi connectivity index (χ1n) is 11.7. The van der Waals surface area contributed by atoms with Gasteiger partial charge >= 0.3 is 12.2 Å². The van der Waals surface area contributed by atoms with Gasteiger partial charge in [-0.05, 0) is 42.8 Å². The fourth-order valence-corrected chi connectivity index (χ4v) is 4.12. The van der Waals surface area contributed by atoms with Crippen LogP contribution in [0.1, 0.15) is 27.0 Å². The molecule has 2 aromatic heterocycles. The number of hydrogen-bond acceptors (Lipinski definition) is 7. The molecule has 15 heteroatoms. The Morgan fingerprint density at radius 2 is 1.90 bits per heavy atom. The van der Waals surface area contributed by atoms with Crippen LogP contribution in [0.5, 0.6) is 0 Å². The fourth-order valence-electron chi connectivity index (χ4n) is 4.12. The van der Waals surface area contributed by atoms with Crippen molar-refractivity contribution in [1.29, 1.82) is 0 Å². The van der Waals surface area contributed by atoms with Gasteiger partial charge in [0.25, 0.3) is 11.5 Å². The van der Waals surface area contributed by atoms with Crippen molar-refractivity contribution in [3.05, 3.63) is 87.3 Å². The van der Waals surface area contributed by atoms with Crippen molar-refractivity contribution in [2.45, 2.75) is 19.6 Å². The minimum atomic E-state index is -4.60. The van der Waals surface area contributed by atoms with Crippen molar-refractivity contribution in [3.8, 4) is 0 Å². The molecule has 4 N–H and O–H groups in total. The molecule has 2 aromatic carbocycles. The molecular weight excluding hydrogens is 533 g/mol. The van der Waals surface area contributed by atoms with Crippen LogP contribution in [0, 0.1) is 6.92 Å². The second-order valence-corrected chi connectivity index (χ2v) is 8.95. The molecule has 206 valence electrons. The lowest BCUT2D eigenvalue weighted by atomic mass is 10.1. The van der Waals surface area contributed by atoms with E-state index in [1.807, 2.05) is 0 Å². The van der Waals surface area contributed by atoms with Gasteiger partial charge in [0.15, 0.2) is 5.82 Å². The molecule has 5 rings (SSSR count). The summed E-state index contributed by atoms with van der Waals surface area (Å²) in [6, 6.07) is 9.09. The van der Waals surface area contributed by atoms with Gasteiger partial charge in [-0.25, -0.2) is 9.78 Å². The number of urea groups is 1. The van der Waals surface area contributed by atoms with Gasteiger partial charge in [0, 0.05) is 36.1 Å². The highest BCUT2D eigenvalue weighted by Gasteiger charge is 2.34. The molecule has 40 heavy (non-hydrogen) atoms. The Bertz CT molecular complexity index is 1700. The summed E-state index contributed by atoms with van der Waals surface area (Å²) in [6.45, 7) is 1.68. The summed E-state index contributed by atoms with van der Waals surface area (Å²) in [6.07, 6.45) is -3.19. The average molecular weight is 554 g/mol. The Morgan fingerprint density at radius 3 is 2.60 bits per heavy atom. The molecule has 0 saturated carbocycles. The van der Waals surface area contributed by atoms with Crippen LogP contribution in [0.3, 0.4) is 0 Å². The molecule has 3 heterocycles. The summed E-state index contributed by atoms with van der Waals surface area (Å²) in [4.78, 5) is 47.0. The largest absolute Gasteiger partial charge is 0.416 e. The maximum absolute atomic E-state index is 13.1. The maximum atomic E-state index is 13.1. The highest BCUT2D eigenvalue weighted by atomic mass is 19.4. The third-order valence-corrected chi connectivity index (χ3v) is 6.14. The van der Waals surface area contributed by atoms with Crippen molar-refractivity contribution >= 4 is 40.9 Å². The lowest BCUT2D eigenvalue weighted by molar-refractivity contribution is -0.137. The molecule has 0 bridgehead atoms. The summed E-state index contributed by atoms with van der Waals surface area (Å²) in [5.74, 6) is -0.443. The number of H-pyrrole nitrogens is 1. The van der Waals surface area contributed by atoms with Gasteiger partial charge in [0.1, 0.15) is 5.82 Å². The van der Waals surface area contributed by atoms with Crippen LogP contribution in [-0.2, 0) is 19.8 Å². The van der Waals surface area contributed by atoms with Crippen LogP contribution in [-0.4, -0.2) is 36.9 Å². The number of fused-ring (bicyclic) bond motifs is 1. The number of anilines is 5. The quantitative estimate of drug-likeness (QED) is 0.271. The van der Waals surface area contributed by atoms with Gasteiger partial charge in [-0.3, -0.25) is 29.5 Å². The summed E-state index contributed by atoms with van der Waals surface area (Å²) in [5, 5.41) is 18.9. The third kappa shape index (κ3) is 5.09. The number of alkyl halides is 3. The van der Waals surface area contributed by atoms with E-state index in [0.717, 1.165) is 18.2 Å². The number of amides is 3. The molecule has 0 saturated heterocycles. The van der Waals surface area contributed by atoms with Crippen LogP contribution in [0.4, 0.5) is 46.9 Å². The smallest absolute Gasteiger partial charge is 0.322 e. The third-order valence-electron chi connectivity index (χ3n) is 6.14. The monoisotopic (exact) mass is 554 g/mol. The number of aromatic nitrogens is 4. The standard InChI is InChI=1S/C25H21F3N8O4/c1-13-6-7-17(30-22(38)14-4-3-5-16(8-14)25(26,27)28)9-18(13)35-12-15-11-29-23(32-21(15)36(40)24(35)39)31-19-10-20(37)33-34(19)2/h3-11,40H,12H2,1-2H3,(H,30,38)(H,33,37)(H,29,31,32). The Hall–Kier alpha value is -5.18. The van der Waals surface area contributed by atoms with Crippen molar-refractivity contribution in [2.75, 3.05) is 20.6 Å². The van der Waals surface area contributed by atoms with E-state index in [1.165, 1.54) is 34.0 Å². The normalized spacial score (nSPS) is 13.3. The topological polar surface area (TPSA) is 148 Å². The number of carbonyl (C=O) groups excluding carboxylic acids is 2. The summed E-state index contributed by atoms with van der Waals surface area (Å²) in [7, 11) is 1.60. The first kappa shape index (κ1) is 26.4. The molecule has 4 aromatic rings. The van der Waals surface area contributed by atoms with Crippen LogP contribution < -0.4 is 26.2 Å². The number of nitrogens with zero attached hydrogens (tertiary/aromatic N) is 5. The number of carbonyl (C=O) groups is 2. The molecule has 0 radical (unpaired) electrons. The number of hydroxylamine groups is 1. The van der Waals surface area contributed by atoms with Crippen molar-refractivity contribution in [1.82, 2.24) is 19.7 Å². The lowest BCUT2D eigenvalue weighted by Gasteiger charge is -2.33. The second kappa shape index (κ2) is 9.85. The molecular formula is C25H21F3N8O4. The fraction of sp³-hybridized carbons (Fsp3) is 0.160. The van der Waals surface area contributed by atoms with E-state index in [2.05, 4.69) is 25.7 Å². The van der Waals surface area contributed by atoms with Gasteiger partial charge in [-0.15, -0.1) is 0 Å². The molecule has 3 amide bonds. The van der Waals surface area contributed by atoms with Gasteiger partial charge in [-0.2, -0.15) is 23.2 Å². The molecule has 1 aliphatic rings. The van der Waals surface area contributed by atoms with Gasteiger partial charge < -0.3 is 10.6 Å². The summed E-state index contributed by atoms with van der Waals surface area (Å²) >= 11 is 0. The Kier molecular flexibility index (Phi) is 6.51. The number of nitrogens with one attached hydrogen (secondary N) is 3. The van der Waals surface area contributed by atoms with Crippen LogP contribution in [0.2, 0.25) is 0 Å². The number of aromatic amines is 1. The lowest BCUT2D eigenvalue weighted by Crippen LogP contribution is -2.46. The number of halogens is 3. The number of benzene rings is 2. The van der Waals surface area contributed by atoms with E-state index in [4.69, 9.17) is 0 Å². The molecule has 1 aliphatic heterocycles. The maximum Gasteiger partial charge on any atom is 0.416 e. The van der Waals surface area contributed by atoms with E-state index in [1.54, 1.807) is 26.1 Å². The Morgan fingerprint density at radius 1 is 1.12 bits per heavy atom. The predicted octanol–water partition coefficient (Wildman–Crippen LogP) is 4.16. The van der Waals surface area contributed by atoms with E-state index >= 15 is 0 Å². The zero-order valence-electron chi connectivity index (χ0n) is 20.9. The van der Waals surface area contributed by atoms with Crippen LogP contribution in [0.15, 0.2) is 59.5 Å². The summed E-state index contributed by atoms with van der Waals surface area (Å²) < 4.78 is 40.6. The molecule has 0 fully saturated rings. The molecule has 0 spiro atoms. The highest BCUT2D eigenvalue weighted by molar-refractivity contribution is 6.06. The molecule has 0 unspecified atom stereocenters. The number of rotatable bonds is 5. The number of hydrogen-bond donors (Lipinski definition) is 4. The van der Waals surface area contributed by atoms with Gasteiger partial charge in [0.05, 0.1) is 17.8 Å². The van der Waals surface area contributed by atoms with Gasteiger partial charge in [0.2, 0.25) is 5.95 Å². The van der Waals surface area contributed by atoms with Crippen molar-refractivity contribution < 1.29 is 28.0 Å². The second-order valence-electron chi connectivity index (χ2n) is 8.95. The summed E-state index contributed by atoms with van der Waals surface area (Å²) in [5.41, 5.74) is 0.0790. The molecule has 12 nitrogen and oxygen atoms in total. The minimum absolute atomic E-state index is 0.0278. The van der Waals surface area contributed by atoms with E-state index in [9.17, 15) is 32.8 Å². The van der Waals surface area contributed by atoms with Crippen molar-refractivity contribution in [3.63, 3.8) is 0 Å². The minimum Gasteiger partial charge on any atom is -0.322 e. The SMILES string of the molecule is Cc1ccc(NC(=O)c2cccc(C(F)(F)F)c2)cc1N1Cc2cnc(Nc3cc(=O)[nH]n3C)nc2N(O)C1=O. The predicted molar refractivity (Wildman–Crippen MR) is 138 cm³/mol. The number of aryl methyl sites for hydroxylation is 2. The first-order valence-corrected chi connectivity index (χ1v) is 11.7. The average Bonchev–Trinajstić information content (AvgIpc) is 3.23. The Balaban J connectivity index is 1.39. The van der Waals surface area contributed by atoms with Crippen LogP contribution in [0.25, 0.3) is 0 Å². The van der Waals surface area contributed by atoms with E-state index in [-0.39, 0.29) is 35.1 Å². The van der Waals surface area contributed by atoms with Crippen molar-refractivity contribution in [2.24, 2.45) is 7.05 Å². The molecule has 0 aliphatic carbocycles. The molecule has 0 atom stereocenters.